The largest absolute Gasteiger partial charge is 0.496 e. The van der Waals surface area contributed by atoms with Crippen molar-refractivity contribution in [3.05, 3.63) is 59.2 Å². The van der Waals surface area contributed by atoms with Gasteiger partial charge in [0.2, 0.25) is 0 Å². The van der Waals surface area contributed by atoms with E-state index >= 15 is 0 Å². The molecule has 2 aromatic carbocycles. The van der Waals surface area contributed by atoms with Crippen molar-refractivity contribution in [2.75, 3.05) is 12.4 Å². The molecule has 0 unspecified atom stereocenters. The van der Waals surface area contributed by atoms with Gasteiger partial charge in [-0.1, -0.05) is 24.3 Å². The minimum absolute atomic E-state index is 0.307. The number of para-hydroxylation sites is 1. The molecule has 0 atom stereocenters. The summed E-state index contributed by atoms with van der Waals surface area (Å²) >= 11 is 5.20. The number of hydrogen-bond acceptors (Lipinski definition) is 3. The maximum absolute atomic E-state index is 12.2. The van der Waals surface area contributed by atoms with Crippen LogP contribution in [0, 0.1) is 13.8 Å². The molecule has 2 aromatic rings. The Morgan fingerprint density at radius 3 is 2.52 bits per heavy atom. The number of aryl methyl sites for hydroxylation is 1. The summed E-state index contributed by atoms with van der Waals surface area (Å²) < 4.78 is 5.16. The predicted octanol–water partition coefficient (Wildman–Crippen LogP) is 2.94. The zero-order valence-corrected chi connectivity index (χ0v) is 14.1. The van der Waals surface area contributed by atoms with Crippen molar-refractivity contribution in [1.29, 1.82) is 0 Å². The summed E-state index contributed by atoms with van der Waals surface area (Å²) in [4.78, 5) is 12.2. The maximum atomic E-state index is 12.2. The van der Waals surface area contributed by atoms with E-state index in [9.17, 15) is 4.79 Å². The lowest BCUT2D eigenvalue weighted by Gasteiger charge is -2.15. The third-order valence-electron chi connectivity index (χ3n) is 3.49. The Morgan fingerprint density at radius 2 is 1.78 bits per heavy atom. The Hall–Kier alpha value is -2.60. The van der Waals surface area contributed by atoms with Crippen LogP contribution >= 0.6 is 12.2 Å². The third kappa shape index (κ3) is 4.20. The van der Waals surface area contributed by atoms with Crippen LogP contribution in [0.15, 0.2) is 42.5 Å². The van der Waals surface area contributed by atoms with Gasteiger partial charge < -0.3 is 10.1 Å². The van der Waals surface area contributed by atoms with Gasteiger partial charge in [-0.2, -0.15) is 0 Å². The zero-order chi connectivity index (χ0) is 16.8. The molecule has 1 amide bonds. The number of methoxy groups -OCH3 is 1. The maximum Gasteiger partial charge on any atom is 0.273 e. The van der Waals surface area contributed by atoms with E-state index in [1.807, 2.05) is 32.0 Å². The highest BCUT2D eigenvalue weighted by molar-refractivity contribution is 7.80. The molecule has 3 N–H and O–H groups in total. The number of amides is 1. The molecule has 0 aliphatic carbocycles. The molecule has 0 heterocycles. The fourth-order valence-electron chi connectivity index (χ4n) is 2.05. The molecule has 0 radical (unpaired) electrons. The van der Waals surface area contributed by atoms with Crippen molar-refractivity contribution in [2.24, 2.45) is 0 Å². The van der Waals surface area contributed by atoms with Crippen LogP contribution in [0.25, 0.3) is 0 Å². The summed E-state index contributed by atoms with van der Waals surface area (Å²) in [6.45, 7) is 4.04. The molecule has 6 heteroatoms. The van der Waals surface area contributed by atoms with Crippen LogP contribution < -0.4 is 20.9 Å². The highest BCUT2D eigenvalue weighted by Crippen LogP contribution is 2.18. The zero-order valence-electron chi connectivity index (χ0n) is 13.3. The number of hydrazine groups is 1. The standard InChI is InChI=1S/C17H19N3O2S/c1-11-7-6-9-14(12(11)2)18-17(23)20-19-16(21)13-8-4-5-10-15(13)22-3/h4-10H,1-3H3,(H,19,21)(H2,18,20,23). The first-order valence-electron chi connectivity index (χ1n) is 7.09. The highest BCUT2D eigenvalue weighted by atomic mass is 32.1. The Bertz CT molecular complexity index is 732. The van der Waals surface area contributed by atoms with E-state index in [1.165, 1.54) is 7.11 Å². The van der Waals surface area contributed by atoms with Crippen LogP contribution in [-0.2, 0) is 0 Å². The quantitative estimate of drug-likeness (QED) is 0.597. The van der Waals surface area contributed by atoms with Gasteiger partial charge in [-0.25, -0.2) is 0 Å². The summed E-state index contributed by atoms with van der Waals surface area (Å²) in [6, 6.07) is 12.9. The van der Waals surface area contributed by atoms with Crippen LogP contribution in [0.3, 0.4) is 0 Å². The lowest BCUT2D eigenvalue weighted by molar-refractivity contribution is 0.0941. The number of carbonyl (C=O) groups excluding carboxylic acids is 1. The van der Waals surface area contributed by atoms with Gasteiger partial charge in [-0.3, -0.25) is 15.6 Å². The van der Waals surface area contributed by atoms with Gasteiger partial charge in [0.15, 0.2) is 5.11 Å². The van der Waals surface area contributed by atoms with Gasteiger partial charge in [0.25, 0.3) is 5.91 Å². The van der Waals surface area contributed by atoms with E-state index in [-0.39, 0.29) is 5.91 Å². The summed E-state index contributed by atoms with van der Waals surface area (Å²) in [5.74, 6) is 0.174. The molecule has 0 aliphatic heterocycles. The molecule has 0 spiro atoms. The van der Waals surface area contributed by atoms with Gasteiger partial charge in [-0.05, 0) is 55.4 Å². The number of nitrogens with one attached hydrogen (secondary N) is 3. The SMILES string of the molecule is COc1ccccc1C(=O)NNC(=S)Nc1cccc(C)c1C. The number of rotatable bonds is 3. The van der Waals surface area contributed by atoms with Crippen molar-refractivity contribution in [2.45, 2.75) is 13.8 Å². The van der Waals surface area contributed by atoms with Gasteiger partial charge in [0.1, 0.15) is 5.75 Å². The molecule has 0 aromatic heterocycles. The molecular weight excluding hydrogens is 310 g/mol. The number of thiocarbonyl (C=S) groups is 1. The topological polar surface area (TPSA) is 62.4 Å². The second-order valence-corrected chi connectivity index (χ2v) is 5.39. The number of ether oxygens (including phenoxy) is 1. The first kappa shape index (κ1) is 16.8. The summed E-state index contributed by atoms with van der Waals surface area (Å²) in [6.07, 6.45) is 0. The molecule has 2 rings (SSSR count). The predicted molar refractivity (Wildman–Crippen MR) is 95.7 cm³/mol. The Labute approximate surface area is 141 Å². The second kappa shape index (κ2) is 7.60. The molecule has 0 bridgehead atoms. The second-order valence-electron chi connectivity index (χ2n) is 4.98. The van der Waals surface area contributed by atoms with E-state index in [2.05, 4.69) is 16.2 Å². The van der Waals surface area contributed by atoms with Crippen molar-refractivity contribution in [3.63, 3.8) is 0 Å². The van der Waals surface area contributed by atoms with Crippen LogP contribution in [0.2, 0.25) is 0 Å². The monoisotopic (exact) mass is 329 g/mol. The number of hydrogen-bond donors (Lipinski definition) is 3. The third-order valence-corrected chi connectivity index (χ3v) is 3.70. The van der Waals surface area contributed by atoms with Gasteiger partial charge >= 0.3 is 0 Å². The Kier molecular flexibility index (Phi) is 5.54. The van der Waals surface area contributed by atoms with E-state index in [0.717, 1.165) is 16.8 Å². The summed E-state index contributed by atoms with van der Waals surface area (Å²) in [5, 5.41) is 3.37. The first-order valence-corrected chi connectivity index (χ1v) is 7.50. The normalized spacial score (nSPS) is 9.87. The average Bonchev–Trinajstić information content (AvgIpc) is 2.56. The summed E-state index contributed by atoms with van der Waals surface area (Å²) in [5.41, 5.74) is 8.84. The van der Waals surface area contributed by atoms with Gasteiger partial charge in [0, 0.05) is 5.69 Å². The molecule has 23 heavy (non-hydrogen) atoms. The molecule has 0 aliphatic rings. The summed E-state index contributed by atoms with van der Waals surface area (Å²) in [7, 11) is 1.52. The first-order chi connectivity index (χ1) is 11.0. The Morgan fingerprint density at radius 1 is 1.04 bits per heavy atom. The van der Waals surface area contributed by atoms with Gasteiger partial charge in [-0.15, -0.1) is 0 Å². The number of anilines is 1. The van der Waals surface area contributed by atoms with Crippen molar-refractivity contribution < 1.29 is 9.53 Å². The van der Waals surface area contributed by atoms with Crippen molar-refractivity contribution in [3.8, 4) is 5.75 Å². The van der Waals surface area contributed by atoms with Crippen molar-refractivity contribution >= 4 is 28.9 Å². The molecule has 5 nitrogen and oxygen atoms in total. The minimum atomic E-state index is -0.326. The van der Waals surface area contributed by atoms with Crippen LogP contribution in [0.5, 0.6) is 5.75 Å². The van der Waals surface area contributed by atoms with E-state index < -0.39 is 0 Å². The lowest BCUT2D eigenvalue weighted by Crippen LogP contribution is -2.43. The van der Waals surface area contributed by atoms with Crippen LogP contribution in [0.4, 0.5) is 5.69 Å². The molecule has 0 saturated carbocycles. The molecule has 0 fully saturated rings. The fraction of sp³-hybridized carbons (Fsp3) is 0.176. The van der Waals surface area contributed by atoms with E-state index in [1.54, 1.807) is 24.3 Å². The fourth-order valence-corrected chi connectivity index (χ4v) is 2.21. The van der Waals surface area contributed by atoms with Crippen LogP contribution in [-0.4, -0.2) is 18.1 Å². The molecular formula is C17H19N3O2S. The van der Waals surface area contributed by atoms with Crippen LogP contribution in [0.1, 0.15) is 21.5 Å². The number of benzene rings is 2. The van der Waals surface area contributed by atoms with E-state index in [4.69, 9.17) is 17.0 Å². The number of carbonyl (C=O) groups is 1. The van der Waals surface area contributed by atoms with E-state index in [0.29, 0.717) is 16.4 Å². The average molecular weight is 329 g/mol. The molecule has 0 saturated heterocycles. The van der Waals surface area contributed by atoms with Crippen molar-refractivity contribution in [1.82, 2.24) is 10.9 Å². The van der Waals surface area contributed by atoms with Gasteiger partial charge in [0.05, 0.1) is 12.7 Å². The molecule has 120 valence electrons. The highest BCUT2D eigenvalue weighted by Gasteiger charge is 2.11. The smallest absolute Gasteiger partial charge is 0.273 e. The Balaban J connectivity index is 1.96. The lowest BCUT2D eigenvalue weighted by atomic mass is 10.1. The minimum Gasteiger partial charge on any atom is -0.496 e.